The first-order valence-electron chi connectivity index (χ1n) is 11.2. The number of halogens is 3. The molecule has 5 nitrogen and oxygen atoms in total. The van der Waals surface area contributed by atoms with Gasteiger partial charge in [0.1, 0.15) is 0 Å². The van der Waals surface area contributed by atoms with E-state index in [0.29, 0.717) is 35.5 Å². The number of rotatable bonds is 7. The van der Waals surface area contributed by atoms with E-state index in [1.54, 1.807) is 12.1 Å². The highest BCUT2D eigenvalue weighted by molar-refractivity contribution is 6.06. The molecular weight excluding hydrogens is 445 g/mol. The minimum Gasteiger partial charge on any atom is -0.469 e. The fraction of sp³-hybridized carbons (Fsp3) is 0.385. The van der Waals surface area contributed by atoms with Gasteiger partial charge in [-0.1, -0.05) is 31.2 Å². The molecule has 2 aromatic carbocycles. The van der Waals surface area contributed by atoms with Crippen molar-refractivity contribution in [1.82, 2.24) is 4.57 Å². The van der Waals surface area contributed by atoms with Crippen LogP contribution in [-0.2, 0) is 27.7 Å². The third-order valence-corrected chi connectivity index (χ3v) is 6.91. The molecule has 8 heteroatoms. The summed E-state index contributed by atoms with van der Waals surface area (Å²) in [6, 6.07) is 10.5. The summed E-state index contributed by atoms with van der Waals surface area (Å²) in [5, 5.41) is 0.914. The molecule has 1 heterocycles. The Bertz CT molecular complexity index is 1220. The van der Waals surface area contributed by atoms with Gasteiger partial charge in [-0.05, 0) is 59.9 Å². The number of hydrogen-bond acceptors (Lipinski definition) is 3. The van der Waals surface area contributed by atoms with Crippen LogP contribution in [-0.4, -0.2) is 23.6 Å². The van der Waals surface area contributed by atoms with E-state index in [0.717, 1.165) is 42.3 Å². The second kappa shape index (κ2) is 8.81. The summed E-state index contributed by atoms with van der Waals surface area (Å²) in [5.74, 6) is -0.372. The quantitative estimate of drug-likeness (QED) is 0.466. The van der Waals surface area contributed by atoms with Crippen molar-refractivity contribution in [3.63, 3.8) is 0 Å². The van der Waals surface area contributed by atoms with Crippen LogP contribution in [0.15, 0.2) is 48.7 Å². The molecule has 1 saturated carbocycles. The maximum atomic E-state index is 12.9. The molecular formula is C26H27F3N2O3. The van der Waals surface area contributed by atoms with E-state index in [1.165, 1.54) is 19.2 Å². The molecule has 0 atom stereocenters. The van der Waals surface area contributed by atoms with Gasteiger partial charge >= 0.3 is 12.1 Å². The van der Waals surface area contributed by atoms with Crippen molar-refractivity contribution in [2.75, 3.05) is 7.11 Å². The standard InChI is InChI=1S/C26H27F3N2O3/c1-25(12-17(13-25)8-11-22(32)34-2)21-15-31(23-19(21)4-3-5-20(23)24(30)33)14-16-6-9-18(10-7-16)26(27,28)29/h3-7,9-10,15,17H,8,11-14H2,1-2H3,(H2,30,33). The van der Waals surface area contributed by atoms with E-state index in [9.17, 15) is 22.8 Å². The number of nitrogens with two attached hydrogens (primary N) is 1. The minimum atomic E-state index is -4.39. The molecule has 34 heavy (non-hydrogen) atoms. The van der Waals surface area contributed by atoms with Crippen LogP contribution in [0.2, 0.25) is 0 Å². The molecule has 4 rings (SSSR count). The zero-order valence-corrected chi connectivity index (χ0v) is 19.1. The Morgan fingerprint density at radius 2 is 1.82 bits per heavy atom. The van der Waals surface area contributed by atoms with Crippen molar-refractivity contribution < 1.29 is 27.5 Å². The van der Waals surface area contributed by atoms with Gasteiger partial charge in [-0.25, -0.2) is 0 Å². The van der Waals surface area contributed by atoms with Gasteiger partial charge in [0.15, 0.2) is 0 Å². The summed E-state index contributed by atoms with van der Waals surface area (Å²) in [6.07, 6.45) is 0.533. The zero-order valence-electron chi connectivity index (χ0n) is 19.1. The molecule has 1 aliphatic carbocycles. The average Bonchev–Trinajstić information content (AvgIpc) is 3.14. The SMILES string of the molecule is COC(=O)CCC1CC(C)(c2cn(Cc3ccc(C(F)(F)F)cc3)c3c(C(N)=O)cccc23)C1. The lowest BCUT2D eigenvalue weighted by Crippen LogP contribution is -2.38. The molecule has 1 aliphatic rings. The molecule has 0 radical (unpaired) electrons. The molecule has 0 aliphatic heterocycles. The van der Waals surface area contributed by atoms with E-state index >= 15 is 0 Å². The van der Waals surface area contributed by atoms with E-state index < -0.39 is 17.6 Å². The van der Waals surface area contributed by atoms with Crippen molar-refractivity contribution in [3.05, 3.63) is 70.9 Å². The Kier molecular flexibility index (Phi) is 6.18. The predicted molar refractivity (Wildman–Crippen MR) is 122 cm³/mol. The third kappa shape index (κ3) is 4.54. The Morgan fingerprint density at radius 3 is 2.41 bits per heavy atom. The van der Waals surface area contributed by atoms with Crippen LogP contribution in [0.1, 0.15) is 59.7 Å². The Morgan fingerprint density at radius 1 is 1.15 bits per heavy atom. The van der Waals surface area contributed by atoms with Crippen molar-refractivity contribution in [1.29, 1.82) is 0 Å². The minimum absolute atomic E-state index is 0.138. The summed E-state index contributed by atoms with van der Waals surface area (Å²) < 4.78 is 45.5. The lowest BCUT2D eigenvalue weighted by atomic mass is 9.59. The second-order valence-corrected chi connectivity index (χ2v) is 9.38. The van der Waals surface area contributed by atoms with Crippen LogP contribution >= 0.6 is 0 Å². The Balaban J connectivity index is 1.67. The normalized spacial score (nSPS) is 20.2. The van der Waals surface area contributed by atoms with Gasteiger partial charge in [0, 0.05) is 24.5 Å². The summed E-state index contributed by atoms with van der Waals surface area (Å²) in [4.78, 5) is 23.7. The van der Waals surface area contributed by atoms with Crippen molar-refractivity contribution >= 4 is 22.8 Å². The lowest BCUT2D eigenvalue weighted by Gasteiger charge is -2.45. The number of nitrogens with zero attached hydrogens (tertiary/aromatic N) is 1. The lowest BCUT2D eigenvalue weighted by molar-refractivity contribution is -0.141. The molecule has 0 bridgehead atoms. The van der Waals surface area contributed by atoms with Gasteiger partial charge < -0.3 is 15.0 Å². The number of aromatic nitrogens is 1. The predicted octanol–water partition coefficient (Wildman–Crippen LogP) is 5.43. The van der Waals surface area contributed by atoms with E-state index in [-0.39, 0.29) is 11.4 Å². The van der Waals surface area contributed by atoms with Crippen LogP contribution in [0.4, 0.5) is 13.2 Å². The molecule has 1 aromatic heterocycles. The molecule has 0 saturated heterocycles. The summed E-state index contributed by atoms with van der Waals surface area (Å²) >= 11 is 0. The smallest absolute Gasteiger partial charge is 0.416 e. The number of ether oxygens (including phenoxy) is 1. The van der Waals surface area contributed by atoms with E-state index in [2.05, 4.69) is 6.92 Å². The first-order chi connectivity index (χ1) is 16.0. The molecule has 0 spiro atoms. The number of carbonyl (C=O) groups is 2. The van der Waals surface area contributed by atoms with Crippen LogP contribution in [0.5, 0.6) is 0 Å². The van der Waals surface area contributed by atoms with Crippen LogP contribution in [0.25, 0.3) is 10.9 Å². The summed E-state index contributed by atoms with van der Waals surface area (Å²) in [7, 11) is 1.38. The second-order valence-electron chi connectivity index (χ2n) is 9.38. The molecule has 0 unspecified atom stereocenters. The summed E-state index contributed by atoms with van der Waals surface area (Å²) in [6.45, 7) is 2.47. The third-order valence-electron chi connectivity index (χ3n) is 6.91. The van der Waals surface area contributed by atoms with Gasteiger partial charge in [0.2, 0.25) is 0 Å². The Labute approximate surface area is 195 Å². The Hall–Kier alpha value is -3.29. The molecule has 2 N–H and O–H groups in total. The average molecular weight is 473 g/mol. The van der Waals surface area contributed by atoms with Crippen molar-refractivity contribution in [3.8, 4) is 0 Å². The first kappa shape index (κ1) is 23.9. The van der Waals surface area contributed by atoms with Crippen molar-refractivity contribution in [2.45, 2.75) is 50.7 Å². The van der Waals surface area contributed by atoms with Crippen LogP contribution < -0.4 is 5.73 Å². The van der Waals surface area contributed by atoms with Gasteiger partial charge in [0.05, 0.1) is 23.8 Å². The number of carbonyl (C=O) groups excluding carboxylic acids is 2. The maximum Gasteiger partial charge on any atom is 0.416 e. The topological polar surface area (TPSA) is 74.3 Å². The molecule has 1 fully saturated rings. The number of fused-ring (bicyclic) bond motifs is 1. The van der Waals surface area contributed by atoms with Crippen LogP contribution in [0.3, 0.4) is 0 Å². The molecule has 180 valence electrons. The number of methoxy groups -OCH3 is 1. The monoisotopic (exact) mass is 472 g/mol. The first-order valence-corrected chi connectivity index (χ1v) is 11.2. The largest absolute Gasteiger partial charge is 0.469 e. The molecule has 3 aromatic rings. The number of amides is 1. The number of para-hydroxylation sites is 1. The number of benzene rings is 2. The van der Waals surface area contributed by atoms with Gasteiger partial charge in [0.25, 0.3) is 5.91 Å². The van der Waals surface area contributed by atoms with Gasteiger partial charge in [-0.15, -0.1) is 0 Å². The number of hydrogen-bond donors (Lipinski definition) is 1. The highest BCUT2D eigenvalue weighted by Gasteiger charge is 2.43. The summed E-state index contributed by atoms with van der Waals surface area (Å²) in [5.41, 5.74) is 7.64. The highest BCUT2D eigenvalue weighted by Crippen LogP contribution is 2.51. The van der Waals surface area contributed by atoms with E-state index in [4.69, 9.17) is 10.5 Å². The number of primary amides is 1. The highest BCUT2D eigenvalue weighted by atomic mass is 19.4. The molecule has 1 amide bonds. The number of esters is 1. The fourth-order valence-corrected chi connectivity index (χ4v) is 5.22. The fourth-order valence-electron chi connectivity index (χ4n) is 5.22. The number of alkyl halides is 3. The van der Waals surface area contributed by atoms with Crippen LogP contribution in [0, 0.1) is 5.92 Å². The van der Waals surface area contributed by atoms with E-state index in [1.807, 2.05) is 16.8 Å². The zero-order chi connectivity index (χ0) is 24.7. The van der Waals surface area contributed by atoms with Crippen molar-refractivity contribution in [2.24, 2.45) is 11.7 Å². The van der Waals surface area contributed by atoms with Gasteiger partial charge in [-0.3, -0.25) is 9.59 Å². The van der Waals surface area contributed by atoms with Gasteiger partial charge in [-0.2, -0.15) is 13.2 Å². The maximum absolute atomic E-state index is 12.9.